The second-order valence-electron chi connectivity index (χ2n) is 12.0. The van der Waals surface area contributed by atoms with Crippen LogP contribution in [0.1, 0.15) is 79.6 Å². The van der Waals surface area contributed by atoms with Crippen molar-refractivity contribution >= 4 is 29.3 Å². The van der Waals surface area contributed by atoms with Crippen LogP contribution in [0.15, 0.2) is 54.6 Å². The number of carbonyl (C=O) groups excluding carboxylic acids is 4. The summed E-state index contributed by atoms with van der Waals surface area (Å²) in [5.74, 6) is 0.467. The monoisotopic (exact) mass is 613 g/mol. The number of amides is 4. The van der Waals surface area contributed by atoms with Gasteiger partial charge in [-0.25, -0.2) is 9.67 Å². The van der Waals surface area contributed by atoms with Crippen LogP contribution in [0, 0.1) is 12.8 Å². The Labute approximate surface area is 264 Å². The van der Waals surface area contributed by atoms with E-state index < -0.39 is 12.1 Å². The molecular weight excluding hydrogens is 570 g/mol. The molecule has 2 aliphatic heterocycles. The molecule has 238 valence electrons. The lowest BCUT2D eigenvalue weighted by atomic mass is 9.97. The van der Waals surface area contributed by atoms with Gasteiger partial charge in [0.25, 0.3) is 5.91 Å². The van der Waals surface area contributed by atoms with Crippen LogP contribution in [0.25, 0.3) is 0 Å². The van der Waals surface area contributed by atoms with Crippen LogP contribution >= 0.6 is 0 Å². The summed E-state index contributed by atoms with van der Waals surface area (Å²) in [6.07, 6.45) is 3.10. The highest BCUT2D eigenvalue weighted by Gasteiger charge is 2.31. The zero-order chi connectivity index (χ0) is 31.9. The summed E-state index contributed by atoms with van der Waals surface area (Å²) < 4.78 is 1.78. The van der Waals surface area contributed by atoms with Gasteiger partial charge in [0, 0.05) is 43.7 Å². The molecule has 3 atom stereocenters. The molecule has 1 saturated heterocycles. The normalized spacial score (nSPS) is 20.6. The molecular formula is C34H43N7O4. The Balaban J connectivity index is 1.46. The van der Waals surface area contributed by atoms with E-state index in [1.165, 1.54) is 0 Å². The lowest BCUT2D eigenvalue weighted by Gasteiger charge is -2.28. The Morgan fingerprint density at radius 2 is 1.73 bits per heavy atom. The Morgan fingerprint density at radius 3 is 2.47 bits per heavy atom. The van der Waals surface area contributed by atoms with Gasteiger partial charge in [-0.15, -0.1) is 0 Å². The van der Waals surface area contributed by atoms with Gasteiger partial charge in [0.15, 0.2) is 0 Å². The number of hydrogen-bond donors (Lipinski definition) is 2. The third-order valence-electron chi connectivity index (χ3n) is 8.71. The fraction of sp³-hybridized carbons (Fsp3) is 0.471. The van der Waals surface area contributed by atoms with Crippen LogP contribution in [0.5, 0.6) is 0 Å². The fourth-order valence-electron chi connectivity index (χ4n) is 6.03. The van der Waals surface area contributed by atoms with Crippen molar-refractivity contribution in [3.63, 3.8) is 0 Å². The van der Waals surface area contributed by atoms with Gasteiger partial charge in [0.05, 0.1) is 12.6 Å². The third kappa shape index (κ3) is 7.76. The van der Waals surface area contributed by atoms with Crippen molar-refractivity contribution < 1.29 is 19.2 Å². The van der Waals surface area contributed by atoms with Crippen molar-refractivity contribution in [2.45, 2.75) is 77.9 Å². The quantitative estimate of drug-likeness (QED) is 0.437. The molecule has 0 radical (unpaired) electrons. The van der Waals surface area contributed by atoms with E-state index in [9.17, 15) is 19.2 Å². The van der Waals surface area contributed by atoms with Crippen molar-refractivity contribution in [2.75, 3.05) is 24.5 Å². The number of carbonyl (C=O) groups is 4. The van der Waals surface area contributed by atoms with Crippen LogP contribution < -0.4 is 15.5 Å². The number of nitrogens with zero attached hydrogens (tertiary/aromatic N) is 5. The predicted molar refractivity (Wildman–Crippen MR) is 170 cm³/mol. The smallest absolute Gasteiger partial charge is 0.253 e. The number of hydrogen-bond acceptors (Lipinski definition) is 6. The van der Waals surface area contributed by atoms with Gasteiger partial charge in [-0.3, -0.25) is 19.2 Å². The molecule has 1 aromatic heterocycles. The average Bonchev–Trinajstić information content (AvgIpc) is 3.65. The minimum atomic E-state index is -0.713. The number of aryl methyl sites for hydroxylation is 1. The van der Waals surface area contributed by atoms with Gasteiger partial charge in [-0.1, -0.05) is 56.7 Å². The molecule has 2 aromatic carbocycles. The predicted octanol–water partition coefficient (Wildman–Crippen LogP) is 3.58. The molecule has 4 amide bonds. The highest BCUT2D eigenvalue weighted by molar-refractivity contribution is 5.99. The van der Waals surface area contributed by atoms with E-state index in [4.69, 9.17) is 4.98 Å². The maximum absolute atomic E-state index is 13.9. The van der Waals surface area contributed by atoms with Crippen molar-refractivity contribution in [3.8, 4) is 0 Å². The van der Waals surface area contributed by atoms with Gasteiger partial charge in [0.2, 0.25) is 17.7 Å². The molecule has 2 aliphatic rings. The molecule has 3 aromatic rings. The first kappa shape index (κ1) is 31.9. The first-order valence-electron chi connectivity index (χ1n) is 16.0. The molecule has 11 heteroatoms. The first-order valence-corrected chi connectivity index (χ1v) is 16.0. The molecule has 0 aliphatic carbocycles. The molecule has 0 bridgehead atoms. The average molecular weight is 614 g/mol. The largest absolute Gasteiger partial charge is 0.344 e. The SMILES string of the molecule is CC[C@H](C)[C@@H]1NC(=O)CCCN(C(=O)c2cccc(N3CCCC3=O)c2)CCn2nc(C)nc2[C@H](Cc2ccccc2)NC1=O. The van der Waals surface area contributed by atoms with Gasteiger partial charge < -0.3 is 20.4 Å². The van der Waals surface area contributed by atoms with E-state index in [-0.39, 0.29) is 36.0 Å². The van der Waals surface area contributed by atoms with Gasteiger partial charge in [0.1, 0.15) is 17.7 Å². The molecule has 1 fully saturated rings. The van der Waals surface area contributed by atoms with E-state index in [0.717, 1.165) is 17.7 Å². The lowest BCUT2D eigenvalue weighted by molar-refractivity contribution is -0.130. The third-order valence-corrected chi connectivity index (χ3v) is 8.71. The number of benzene rings is 2. The minimum Gasteiger partial charge on any atom is -0.344 e. The van der Waals surface area contributed by atoms with E-state index in [1.807, 2.05) is 57.2 Å². The van der Waals surface area contributed by atoms with E-state index in [0.29, 0.717) is 69.1 Å². The van der Waals surface area contributed by atoms with Gasteiger partial charge in [-0.05, 0) is 55.9 Å². The standard InChI is InChI=1S/C34H43N7O4/c1-4-23(2)31-33(44)36-28(21-25-11-6-5-7-12-25)32-35-24(3)38-41(32)20-19-39(17-9-15-29(42)37-31)34(45)26-13-8-14-27(22-26)40-18-10-16-30(40)43/h5-8,11-14,22-23,28,31H,4,9-10,15-21H2,1-3H3,(H,36,44)(H,37,42)/t23-,28-,31-/m0/s1. The summed E-state index contributed by atoms with van der Waals surface area (Å²) in [6, 6.07) is 15.8. The zero-order valence-corrected chi connectivity index (χ0v) is 26.4. The summed E-state index contributed by atoms with van der Waals surface area (Å²) in [6.45, 7) is 7.42. The number of anilines is 1. The molecule has 0 spiro atoms. The number of fused-ring (bicyclic) bond motifs is 1. The van der Waals surface area contributed by atoms with Crippen LogP contribution in [-0.2, 0) is 27.3 Å². The van der Waals surface area contributed by atoms with E-state index in [2.05, 4.69) is 15.7 Å². The second-order valence-corrected chi connectivity index (χ2v) is 12.0. The van der Waals surface area contributed by atoms with Crippen molar-refractivity contribution in [1.29, 1.82) is 0 Å². The summed E-state index contributed by atoms with van der Waals surface area (Å²) in [7, 11) is 0. The molecule has 0 unspecified atom stereocenters. The van der Waals surface area contributed by atoms with E-state index >= 15 is 0 Å². The van der Waals surface area contributed by atoms with Gasteiger partial charge >= 0.3 is 0 Å². The summed E-state index contributed by atoms with van der Waals surface area (Å²) in [4.78, 5) is 61.4. The van der Waals surface area contributed by atoms with Crippen LogP contribution in [0.3, 0.4) is 0 Å². The van der Waals surface area contributed by atoms with Crippen LogP contribution in [0.2, 0.25) is 0 Å². The Kier molecular flexibility index (Phi) is 10.3. The zero-order valence-electron chi connectivity index (χ0n) is 26.4. The minimum absolute atomic E-state index is 0.0610. The molecule has 11 nitrogen and oxygen atoms in total. The lowest BCUT2D eigenvalue weighted by Crippen LogP contribution is -2.51. The Morgan fingerprint density at radius 1 is 0.956 bits per heavy atom. The number of aromatic nitrogens is 3. The van der Waals surface area contributed by atoms with E-state index in [1.54, 1.807) is 32.7 Å². The van der Waals surface area contributed by atoms with Crippen LogP contribution in [0.4, 0.5) is 5.69 Å². The van der Waals surface area contributed by atoms with Crippen LogP contribution in [-0.4, -0.2) is 69.0 Å². The molecule has 5 rings (SSSR count). The molecule has 2 N–H and O–H groups in total. The second kappa shape index (κ2) is 14.5. The fourth-order valence-corrected chi connectivity index (χ4v) is 6.03. The van der Waals surface area contributed by atoms with Crippen molar-refractivity contribution in [3.05, 3.63) is 77.4 Å². The van der Waals surface area contributed by atoms with Crippen molar-refractivity contribution in [2.24, 2.45) is 5.92 Å². The molecule has 45 heavy (non-hydrogen) atoms. The number of rotatable bonds is 6. The highest BCUT2D eigenvalue weighted by Crippen LogP contribution is 2.24. The summed E-state index contributed by atoms with van der Waals surface area (Å²) in [5.41, 5.74) is 2.22. The molecule has 0 saturated carbocycles. The maximum Gasteiger partial charge on any atom is 0.253 e. The topological polar surface area (TPSA) is 130 Å². The van der Waals surface area contributed by atoms with Crippen molar-refractivity contribution in [1.82, 2.24) is 30.3 Å². The number of nitrogens with one attached hydrogen (secondary N) is 2. The maximum atomic E-state index is 13.9. The Hall–Kier alpha value is -4.54. The highest BCUT2D eigenvalue weighted by atomic mass is 16.2. The summed E-state index contributed by atoms with van der Waals surface area (Å²) in [5, 5.41) is 10.8. The summed E-state index contributed by atoms with van der Waals surface area (Å²) >= 11 is 0. The molecule has 3 heterocycles. The Bertz CT molecular complexity index is 1520. The van der Waals surface area contributed by atoms with Gasteiger partial charge in [-0.2, -0.15) is 5.10 Å². The first-order chi connectivity index (χ1) is 21.7.